The molecule has 7 nitrogen and oxygen atoms in total. The molecular formula is C24H21ClN2O5. The summed E-state index contributed by atoms with van der Waals surface area (Å²) in [6, 6.07) is 12.5. The van der Waals surface area contributed by atoms with Crippen LogP contribution in [0.15, 0.2) is 52.7 Å². The molecule has 4 rings (SSSR count). The van der Waals surface area contributed by atoms with E-state index in [-0.39, 0.29) is 23.1 Å². The van der Waals surface area contributed by atoms with Crippen LogP contribution in [0.25, 0.3) is 6.08 Å². The van der Waals surface area contributed by atoms with Gasteiger partial charge in [0.05, 0.1) is 12.0 Å². The first-order chi connectivity index (χ1) is 15.3. The molecule has 2 aromatic carbocycles. The molecule has 0 N–H and O–H groups in total. The molecule has 1 aromatic heterocycles. The van der Waals surface area contributed by atoms with Gasteiger partial charge in [0.25, 0.3) is 0 Å². The number of nitrogens with zero attached hydrogens (tertiary/aromatic N) is 2. The van der Waals surface area contributed by atoms with E-state index in [9.17, 15) is 9.59 Å². The van der Waals surface area contributed by atoms with Crippen molar-refractivity contribution in [1.29, 1.82) is 0 Å². The van der Waals surface area contributed by atoms with Crippen molar-refractivity contribution in [2.45, 2.75) is 19.8 Å². The van der Waals surface area contributed by atoms with Crippen LogP contribution in [0.5, 0.6) is 11.5 Å². The second kappa shape index (κ2) is 8.88. The van der Waals surface area contributed by atoms with E-state index >= 15 is 0 Å². The number of hydrogen-bond donors (Lipinski definition) is 0. The van der Waals surface area contributed by atoms with Gasteiger partial charge in [0.15, 0.2) is 10.9 Å². The summed E-state index contributed by atoms with van der Waals surface area (Å²) in [6.45, 7) is 1.78. The molecule has 0 saturated heterocycles. The number of anilines is 1. The fourth-order valence-electron chi connectivity index (χ4n) is 3.37. The van der Waals surface area contributed by atoms with Crippen molar-refractivity contribution < 1.29 is 23.6 Å². The van der Waals surface area contributed by atoms with Gasteiger partial charge in [-0.2, -0.15) is 0 Å². The maximum atomic E-state index is 12.9. The number of rotatable bonds is 6. The predicted octanol–water partition coefficient (Wildman–Crippen LogP) is 4.86. The number of esters is 1. The molecule has 1 aliphatic heterocycles. The molecule has 32 heavy (non-hydrogen) atoms. The third-order valence-corrected chi connectivity index (χ3v) is 5.17. The number of carbonyl (C=O) groups excluding carboxylic acids is 2. The lowest BCUT2D eigenvalue weighted by molar-refractivity contribution is -0.134. The molecule has 0 aliphatic carbocycles. The van der Waals surface area contributed by atoms with Crippen LogP contribution in [0.2, 0.25) is 5.15 Å². The summed E-state index contributed by atoms with van der Waals surface area (Å²) >= 11 is 5.70. The van der Waals surface area contributed by atoms with Crippen LogP contribution in [0.4, 0.5) is 5.69 Å². The molecule has 0 unspecified atom stereocenters. The lowest BCUT2D eigenvalue weighted by atomic mass is 10.0. The number of ketones is 1. The van der Waals surface area contributed by atoms with Crippen LogP contribution in [-0.2, 0) is 11.2 Å². The smallest absolute Gasteiger partial charge is 0.311 e. The number of fused-ring (bicyclic) bond motifs is 1. The summed E-state index contributed by atoms with van der Waals surface area (Å²) in [5.74, 6) is 0.764. The van der Waals surface area contributed by atoms with Gasteiger partial charge < -0.3 is 18.9 Å². The Morgan fingerprint density at radius 2 is 1.94 bits per heavy atom. The first kappa shape index (κ1) is 21.6. The Morgan fingerprint density at radius 3 is 2.59 bits per heavy atom. The Hall–Kier alpha value is -3.58. The van der Waals surface area contributed by atoms with Crippen molar-refractivity contribution in [2.24, 2.45) is 0 Å². The van der Waals surface area contributed by atoms with Crippen molar-refractivity contribution in [3.8, 4) is 11.5 Å². The van der Waals surface area contributed by atoms with Crippen LogP contribution in [0.3, 0.4) is 0 Å². The van der Waals surface area contributed by atoms with Gasteiger partial charge in [-0.05, 0) is 42.3 Å². The van der Waals surface area contributed by atoms with Crippen molar-refractivity contribution in [3.05, 3.63) is 75.8 Å². The van der Waals surface area contributed by atoms with Gasteiger partial charge in [0.1, 0.15) is 17.3 Å². The Bertz CT molecular complexity index is 1210. The number of Topliss-reactive ketones (excluding diaryl/α,β-unsaturated/α-hetero) is 1. The number of carbonyl (C=O) groups is 2. The van der Waals surface area contributed by atoms with Crippen LogP contribution in [-0.4, -0.2) is 31.0 Å². The number of benzene rings is 2. The fourth-order valence-corrected chi connectivity index (χ4v) is 3.53. The van der Waals surface area contributed by atoms with Crippen molar-refractivity contribution in [2.75, 3.05) is 19.0 Å². The van der Waals surface area contributed by atoms with Gasteiger partial charge in [-0.25, -0.2) is 0 Å². The SMILES string of the molecule is Cc1cc(OC(=O)CCc2cc(Cl)no2)cc2c1C(=O)/C(=C/c1ccc(N(C)C)cc1)O2. The Kier molecular flexibility index (Phi) is 6.01. The summed E-state index contributed by atoms with van der Waals surface area (Å²) < 4.78 is 16.2. The van der Waals surface area contributed by atoms with Gasteiger partial charge in [-0.3, -0.25) is 9.59 Å². The molecular weight excluding hydrogens is 432 g/mol. The first-order valence-corrected chi connectivity index (χ1v) is 10.4. The van der Waals surface area contributed by atoms with Crippen LogP contribution < -0.4 is 14.4 Å². The molecule has 8 heteroatoms. The fraction of sp³-hybridized carbons (Fsp3) is 0.208. The van der Waals surface area contributed by atoms with Gasteiger partial charge in [-0.15, -0.1) is 0 Å². The average molecular weight is 453 g/mol. The topological polar surface area (TPSA) is 81.9 Å². The second-order valence-electron chi connectivity index (χ2n) is 7.63. The highest BCUT2D eigenvalue weighted by Crippen LogP contribution is 2.37. The number of hydrogen-bond acceptors (Lipinski definition) is 7. The van der Waals surface area contributed by atoms with Crippen LogP contribution >= 0.6 is 11.6 Å². The molecule has 0 fully saturated rings. The summed E-state index contributed by atoms with van der Waals surface area (Å²) in [4.78, 5) is 27.1. The van der Waals surface area contributed by atoms with E-state index in [4.69, 9.17) is 25.6 Å². The highest BCUT2D eigenvalue weighted by atomic mass is 35.5. The van der Waals surface area contributed by atoms with Crippen LogP contribution in [0.1, 0.15) is 33.7 Å². The van der Waals surface area contributed by atoms with Gasteiger partial charge in [-0.1, -0.05) is 28.9 Å². The normalized spacial score (nSPS) is 13.8. The molecule has 2 heterocycles. The summed E-state index contributed by atoms with van der Waals surface area (Å²) in [5.41, 5.74) is 3.05. The number of aromatic nitrogens is 1. The van der Waals surface area contributed by atoms with Crippen molar-refractivity contribution in [3.63, 3.8) is 0 Å². The Labute approximate surface area is 190 Å². The highest BCUT2D eigenvalue weighted by molar-refractivity contribution is 6.29. The molecule has 0 amide bonds. The minimum Gasteiger partial charge on any atom is -0.452 e. The van der Waals surface area contributed by atoms with Crippen molar-refractivity contribution in [1.82, 2.24) is 5.16 Å². The third-order valence-electron chi connectivity index (χ3n) is 4.99. The molecule has 0 saturated carbocycles. The van der Waals surface area contributed by atoms with E-state index in [1.807, 2.05) is 43.3 Å². The van der Waals surface area contributed by atoms with Gasteiger partial charge >= 0.3 is 5.97 Å². The zero-order chi connectivity index (χ0) is 22.8. The van der Waals surface area contributed by atoms with Crippen molar-refractivity contribution >= 4 is 35.1 Å². The van der Waals surface area contributed by atoms with Gasteiger partial charge in [0.2, 0.25) is 5.78 Å². The zero-order valence-corrected chi connectivity index (χ0v) is 18.6. The lowest BCUT2D eigenvalue weighted by Crippen LogP contribution is -2.09. The number of allylic oxidation sites excluding steroid dienone is 1. The van der Waals surface area contributed by atoms with E-state index in [1.165, 1.54) is 0 Å². The minimum absolute atomic E-state index is 0.0928. The Morgan fingerprint density at radius 1 is 1.19 bits per heavy atom. The molecule has 164 valence electrons. The van der Waals surface area contributed by atoms with E-state index in [0.717, 1.165) is 11.3 Å². The summed E-state index contributed by atoms with van der Waals surface area (Å²) in [6.07, 6.45) is 2.11. The number of halogens is 1. The molecule has 0 spiro atoms. The van der Waals surface area contributed by atoms with E-state index in [0.29, 0.717) is 34.8 Å². The third kappa shape index (κ3) is 4.68. The van der Waals surface area contributed by atoms with E-state index in [2.05, 4.69) is 5.16 Å². The second-order valence-corrected chi connectivity index (χ2v) is 8.02. The quantitative estimate of drug-likeness (QED) is 0.300. The number of ether oxygens (including phenoxy) is 2. The maximum Gasteiger partial charge on any atom is 0.311 e. The molecule has 3 aromatic rings. The summed E-state index contributed by atoms with van der Waals surface area (Å²) in [7, 11) is 3.93. The predicted molar refractivity (Wildman–Crippen MR) is 120 cm³/mol. The largest absolute Gasteiger partial charge is 0.452 e. The van der Waals surface area contributed by atoms with E-state index < -0.39 is 5.97 Å². The lowest BCUT2D eigenvalue weighted by Gasteiger charge is -2.11. The maximum absolute atomic E-state index is 12.9. The Balaban J connectivity index is 1.47. The van der Waals surface area contributed by atoms with E-state index in [1.54, 1.807) is 31.2 Å². The molecule has 1 aliphatic rings. The first-order valence-electron chi connectivity index (χ1n) is 9.98. The highest BCUT2D eigenvalue weighted by Gasteiger charge is 2.30. The monoisotopic (exact) mass is 452 g/mol. The zero-order valence-electron chi connectivity index (χ0n) is 17.8. The van der Waals surface area contributed by atoms with Crippen LogP contribution in [0, 0.1) is 6.92 Å². The number of aryl methyl sites for hydroxylation is 2. The average Bonchev–Trinajstić information content (AvgIpc) is 3.30. The molecule has 0 bridgehead atoms. The summed E-state index contributed by atoms with van der Waals surface area (Å²) in [5, 5.41) is 3.81. The van der Waals surface area contributed by atoms with Gasteiger partial charge in [0, 0.05) is 38.3 Å². The standard InChI is InChI=1S/C24H21ClN2O5/c1-14-10-18(30-22(28)9-8-17-13-21(25)26-32-17)12-19-23(14)24(29)20(31-19)11-15-4-6-16(7-5-15)27(2)3/h4-7,10-13H,8-9H2,1-3H3/b20-11-. The molecule has 0 atom stereocenters. The molecule has 0 radical (unpaired) electrons. The minimum atomic E-state index is -0.446.